The highest BCUT2D eigenvalue weighted by Crippen LogP contribution is 2.22. The molecule has 5 amide bonds. The number of primary amides is 1. The maximum atomic E-state index is 14.0. The minimum absolute atomic E-state index is 0.0878. The third kappa shape index (κ3) is 16.0. The maximum Gasteiger partial charge on any atom is 0.305 e. The van der Waals surface area contributed by atoms with Crippen LogP contribution in [0.2, 0.25) is 0 Å². The van der Waals surface area contributed by atoms with E-state index in [1.165, 1.54) is 6.42 Å². The summed E-state index contributed by atoms with van der Waals surface area (Å²) < 4.78 is 0. The fraction of sp³-hybridized carbons (Fsp3) is 0.632. The van der Waals surface area contributed by atoms with E-state index in [2.05, 4.69) is 40.1 Å². The first-order valence-electron chi connectivity index (χ1n) is 18.6. The molecule has 2 rings (SSSR count). The number of aromatic nitrogens is 1. The van der Waals surface area contributed by atoms with Crippen LogP contribution in [0.4, 0.5) is 0 Å². The van der Waals surface area contributed by atoms with Gasteiger partial charge in [-0.1, -0.05) is 96.3 Å². The Bertz CT molecular complexity index is 1420. The predicted octanol–water partition coefficient (Wildman–Crippen LogP) is 4.38. The average Bonchev–Trinajstić information content (AvgIpc) is 3.48. The first kappa shape index (κ1) is 42.7. The van der Waals surface area contributed by atoms with Crippen molar-refractivity contribution >= 4 is 46.4 Å². The number of rotatable bonds is 26. The number of carbonyl (C=O) groups is 6. The number of para-hydroxylation sites is 1. The molecule has 13 nitrogen and oxygen atoms in total. The number of aromatic amines is 1. The summed E-state index contributed by atoms with van der Waals surface area (Å²) in [5, 5.41) is 20.7. The van der Waals surface area contributed by atoms with Crippen LogP contribution in [0.3, 0.4) is 0 Å². The van der Waals surface area contributed by atoms with Gasteiger partial charge >= 0.3 is 5.97 Å². The smallest absolute Gasteiger partial charge is 0.305 e. The van der Waals surface area contributed by atoms with Crippen LogP contribution in [0, 0.1) is 5.92 Å². The zero-order valence-corrected chi connectivity index (χ0v) is 30.9. The quantitative estimate of drug-likeness (QED) is 0.0699. The molecule has 0 radical (unpaired) electrons. The van der Waals surface area contributed by atoms with E-state index in [0.29, 0.717) is 12.8 Å². The molecule has 284 valence electrons. The number of hydrogen-bond acceptors (Lipinski definition) is 6. The SMILES string of the molecule is CCCCCCCCC(CCCCCC)C(=O)NC(Cc1c[nH]c2ccccc12)C(=O)NC(CC(N)=O)C(=O)NC(CC(=O)O)C(=O)NC(C)C. The molecule has 0 fully saturated rings. The zero-order chi connectivity index (χ0) is 37.8. The van der Waals surface area contributed by atoms with E-state index >= 15 is 0 Å². The number of unbranched alkanes of at least 4 members (excludes halogenated alkanes) is 8. The second-order valence-corrected chi connectivity index (χ2v) is 13.8. The fourth-order valence-corrected chi connectivity index (χ4v) is 6.14. The van der Waals surface area contributed by atoms with Crippen LogP contribution in [0.25, 0.3) is 10.9 Å². The standard InChI is InChI=1S/C38H60N6O7/c1-5-7-9-11-12-14-18-26(17-13-10-8-6-2)35(48)42-30(21-27-24-40-29-20-16-15-19-28(27)29)37(50)43-31(22-33(39)45)38(51)44-32(23-34(46)47)36(49)41-25(3)4/h15-16,19-20,24-26,30-32,40H,5-14,17-18,21-23H2,1-4H3,(H2,39,45)(H,41,49)(H,42,48)(H,43,50)(H,44,51)(H,46,47). The lowest BCUT2D eigenvalue weighted by atomic mass is 9.92. The number of fused-ring (bicyclic) bond motifs is 1. The van der Waals surface area contributed by atoms with E-state index in [-0.39, 0.29) is 24.3 Å². The van der Waals surface area contributed by atoms with E-state index < -0.39 is 60.6 Å². The largest absolute Gasteiger partial charge is 0.481 e. The van der Waals surface area contributed by atoms with E-state index in [1.54, 1.807) is 20.0 Å². The Morgan fingerprint density at radius 1 is 0.686 bits per heavy atom. The Morgan fingerprint density at radius 3 is 1.78 bits per heavy atom. The molecule has 8 N–H and O–H groups in total. The minimum Gasteiger partial charge on any atom is -0.481 e. The lowest BCUT2D eigenvalue weighted by Crippen LogP contribution is -2.58. The highest BCUT2D eigenvalue weighted by atomic mass is 16.4. The maximum absolute atomic E-state index is 14.0. The minimum atomic E-state index is -1.53. The molecular weight excluding hydrogens is 652 g/mol. The predicted molar refractivity (Wildman–Crippen MR) is 197 cm³/mol. The third-order valence-corrected chi connectivity index (χ3v) is 8.90. The molecule has 0 aliphatic carbocycles. The van der Waals surface area contributed by atoms with Gasteiger partial charge in [-0.15, -0.1) is 0 Å². The summed E-state index contributed by atoms with van der Waals surface area (Å²) in [6, 6.07) is 3.09. The summed E-state index contributed by atoms with van der Waals surface area (Å²) in [5.41, 5.74) is 7.07. The normalized spacial score (nSPS) is 13.6. The van der Waals surface area contributed by atoms with Crippen molar-refractivity contribution in [3.05, 3.63) is 36.0 Å². The molecule has 4 unspecified atom stereocenters. The van der Waals surface area contributed by atoms with Crippen molar-refractivity contribution < 1.29 is 33.9 Å². The Kier molecular flexibility index (Phi) is 19.4. The number of nitrogens with one attached hydrogen (secondary N) is 5. The van der Waals surface area contributed by atoms with Gasteiger partial charge in [-0.25, -0.2) is 0 Å². The first-order chi connectivity index (χ1) is 24.4. The van der Waals surface area contributed by atoms with Gasteiger partial charge in [-0.3, -0.25) is 28.8 Å². The van der Waals surface area contributed by atoms with Crippen LogP contribution in [-0.4, -0.2) is 69.8 Å². The molecule has 1 heterocycles. The molecule has 13 heteroatoms. The van der Waals surface area contributed by atoms with Gasteiger partial charge in [0.25, 0.3) is 0 Å². The highest BCUT2D eigenvalue weighted by molar-refractivity contribution is 5.97. The Hall–Kier alpha value is -4.42. The molecule has 51 heavy (non-hydrogen) atoms. The molecule has 2 aromatic rings. The lowest BCUT2D eigenvalue weighted by Gasteiger charge is -2.26. The number of aliphatic carboxylic acids is 1. The van der Waals surface area contributed by atoms with Crippen LogP contribution in [0.1, 0.15) is 123 Å². The van der Waals surface area contributed by atoms with Gasteiger partial charge in [-0.2, -0.15) is 0 Å². The second-order valence-electron chi connectivity index (χ2n) is 13.8. The second kappa shape index (κ2) is 23.1. The number of amides is 5. The third-order valence-electron chi connectivity index (χ3n) is 8.90. The van der Waals surface area contributed by atoms with Gasteiger partial charge in [0.1, 0.15) is 18.1 Å². The van der Waals surface area contributed by atoms with Gasteiger partial charge in [-0.05, 0) is 38.3 Å². The average molecular weight is 713 g/mol. The Balaban J connectivity index is 2.35. The molecule has 0 aliphatic heterocycles. The van der Waals surface area contributed by atoms with Gasteiger partial charge < -0.3 is 37.1 Å². The van der Waals surface area contributed by atoms with Crippen LogP contribution in [0.15, 0.2) is 30.5 Å². The number of benzene rings is 1. The molecule has 1 aromatic carbocycles. The molecule has 0 saturated carbocycles. The van der Waals surface area contributed by atoms with Crippen LogP contribution in [0.5, 0.6) is 0 Å². The van der Waals surface area contributed by atoms with Crippen molar-refractivity contribution in [2.75, 3.05) is 0 Å². The molecule has 0 bridgehead atoms. The Labute approximate surface area is 302 Å². The molecule has 0 spiro atoms. The van der Waals surface area contributed by atoms with E-state index in [1.807, 2.05) is 24.3 Å². The topological polar surface area (TPSA) is 213 Å². The zero-order valence-electron chi connectivity index (χ0n) is 30.9. The molecule has 0 aliphatic rings. The summed E-state index contributed by atoms with van der Waals surface area (Å²) in [6.07, 6.45) is 12.5. The van der Waals surface area contributed by atoms with E-state index in [9.17, 15) is 33.9 Å². The number of nitrogens with two attached hydrogens (primary N) is 1. The molecule has 0 saturated heterocycles. The van der Waals surface area contributed by atoms with E-state index in [4.69, 9.17) is 5.73 Å². The number of carbonyl (C=O) groups excluding carboxylic acids is 5. The van der Waals surface area contributed by atoms with Crippen molar-refractivity contribution in [1.82, 2.24) is 26.3 Å². The lowest BCUT2D eigenvalue weighted by molar-refractivity contribution is -0.141. The summed E-state index contributed by atoms with van der Waals surface area (Å²) in [5.74, 6) is -5.19. The van der Waals surface area contributed by atoms with Crippen molar-refractivity contribution in [3.8, 4) is 0 Å². The van der Waals surface area contributed by atoms with Crippen molar-refractivity contribution in [1.29, 1.82) is 0 Å². The number of H-pyrrole nitrogens is 1. The van der Waals surface area contributed by atoms with Gasteiger partial charge in [0.15, 0.2) is 0 Å². The van der Waals surface area contributed by atoms with Gasteiger partial charge in [0.2, 0.25) is 29.5 Å². The first-order valence-corrected chi connectivity index (χ1v) is 18.6. The Morgan fingerprint density at radius 2 is 1.20 bits per heavy atom. The van der Waals surface area contributed by atoms with Crippen molar-refractivity contribution in [2.45, 2.75) is 148 Å². The van der Waals surface area contributed by atoms with Crippen LogP contribution in [-0.2, 0) is 35.2 Å². The van der Waals surface area contributed by atoms with Crippen LogP contribution < -0.4 is 27.0 Å². The number of carboxylic acid groups (broad SMARTS) is 1. The van der Waals surface area contributed by atoms with E-state index in [0.717, 1.165) is 74.3 Å². The van der Waals surface area contributed by atoms with Crippen molar-refractivity contribution in [3.63, 3.8) is 0 Å². The molecule has 4 atom stereocenters. The highest BCUT2D eigenvalue weighted by Gasteiger charge is 2.33. The van der Waals surface area contributed by atoms with Crippen LogP contribution >= 0.6 is 0 Å². The summed E-state index contributed by atoms with van der Waals surface area (Å²) >= 11 is 0. The van der Waals surface area contributed by atoms with Gasteiger partial charge in [0, 0.05) is 35.5 Å². The number of hydrogen-bond donors (Lipinski definition) is 7. The summed E-state index contributed by atoms with van der Waals surface area (Å²) in [4.78, 5) is 80.8. The molecule has 1 aromatic heterocycles. The summed E-state index contributed by atoms with van der Waals surface area (Å²) in [6.45, 7) is 7.66. The van der Waals surface area contributed by atoms with Gasteiger partial charge in [0.05, 0.1) is 12.8 Å². The van der Waals surface area contributed by atoms with Crippen molar-refractivity contribution in [2.24, 2.45) is 11.7 Å². The summed E-state index contributed by atoms with van der Waals surface area (Å²) in [7, 11) is 0. The molecular formula is C38H60N6O7. The number of carboxylic acids is 1. The fourth-order valence-electron chi connectivity index (χ4n) is 6.14. The monoisotopic (exact) mass is 712 g/mol.